The molecule has 6 heteroatoms. The molecule has 1 unspecified atom stereocenters. The van der Waals surface area contributed by atoms with Gasteiger partial charge in [0.05, 0.1) is 26.9 Å². The van der Waals surface area contributed by atoms with E-state index in [4.69, 9.17) is 14.2 Å². The van der Waals surface area contributed by atoms with Gasteiger partial charge in [-0.2, -0.15) is 0 Å². The number of aliphatic hydroxyl groups excluding tert-OH is 1. The Morgan fingerprint density at radius 2 is 1.33 bits per heavy atom. The van der Waals surface area contributed by atoms with E-state index in [-0.39, 0.29) is 18.1 Å². The Kier molecular flexibility index (Phi) is 5.89. The van der Waals surface area contributed by atoms with Gasteiger partial charge in [-0.1, -0.05) is 12.1 Å². The molecule has 3 N–H and O–H groups in total. The first kappa shape index (κ1) is 17.9. The quantitative estimate of drug-likeness (QED) is 0.721. The molecule has 2 rings (SSSR count). The highest BCUT2D eigenvalue weighted by Crippen LogP contribution is 2.37. The number of aromatic hydroxyl groups is 2. The minimum absolute atomic E-state index is 0.0264. The molecule has 0 bridgehead atoms. The molecule has 0 aliphatic carbocycles. The van der Waals surface area contributed by atoms with Crippen molar-refractivity contribution in [3.8, 4) is 23.0 Å². The summed E-state index contributed by atoms with van der Waals surface area (Å²) in [4.78, 5) is 0. The van der Waals surface area contributed by atoms with E-state index in [9.17, 15) is 15.3 Å². The lowest BCUT2D eigenvalue weighted by molar-refractivity contribution is -0.0123. The van der Waals surface area contributed by atoms with Gasteiger partial charge in [-0.3, -0.25) is 0 Å². The number of benzene rings is 2. The molecular formula is C18H22O6. The summed E-state index contributed by atoms with van der Waals surface area (Å²) in [6.45, 7) is 1.61. The summed E-state index contributed by atoms with van der Waals surface area (Å²) in [6.07, 6.45) is -0.939. The van der Waals surface area contributed by atoms with Crippen molar-refractivity contribution in [1.29, 1.82) is 0 Å². The second kappa shape index (κ2) is 7.90. The zero-order valence-electron chi connectivity index (χ0n) is 13.9. The van der Waals surface area contributed by atoms with Gasteiger partial charge in [0.2, 0.25) is 0 Å². The topological polar surface area (TPSA) is 88.4 Å². The predicted molar refractivity (Wildman–Crippen MR) is 88.8 cm³/mol. The van der Waals surface area contributed by atoms with Crippen LogP contribution in [0.1, 0.15) is 24.2 Å². The van der Waals surface area contributed by atoms with Crippen molar-refractivity contribution >= 4 is 0 Å². The average molecular weight is 334 g/mol. The Morgan fingerprint density at radius 3 is 1.71 bits per heavy atom. The molecule has 0 aliphatic heterocycles. The Bertz CT molecular complexity index is 632. The summed E-state index contributed by atoms with van der Waals surface area (Å²) in [7, 11) is 2.93. The van der Waals surface area contributed by atoms with Crippen LogP contribution in [0.25, 0.3) is 0 Å². The summed E-state index contributed by atoms with van der Waals surface area (Å²) < 4.78 is 16.2. The molecule has 6 nitrogen and oxygen atoms in total. The maximum Gasteiger partial charge on any atom is 0.160 e. The van der Waals surface area contributed by atoms with Crippen molar-refractivity contribution in [2.24, 2.45) is 0 Å². The van der Waals surface area contributed by atoms with E-state index in [1.807, 2.05) is 0 Å². The number of rotatable bonds is 7. The number of methoxy groups -OCH3 is 2. The van der Waals surface area contributed by atoms with E-state index < -0.39 is 12.2 Å². The molecule has 0 saturated heterocycles. The van der Waals surface area contributed by atoms with E-state index in [0.717, 1.165) is 11.1 Å². The third-order valence-corrected chi connectivity index (χ3v) is 3.64. The molecule has 1 atom stereocenters. The Hall–Kier alpha value is -2.44. The van der Waals surface area contributed by atoms with Crippen molar-refractivity contribution in [2.75, 3.05) is 20.8 Å². The fraction of sp³-hybridized carbons (Fsp3) is 0.333. The molecule has 0 saturated carbocycles. The van der Waals surface area contributed by atoms with Crippen molar-refractivity contribution < 1.29 is 29.5 Å². The van der Waals surface area contributed by atoms with E-state index in [1.165, 1.54) is 26.4 Å². The number of hydrogen-bond donors (Lipinski definition) is 3. The molecule has 0 spiro atoms. The van der Waals surface area contributed by atoms with Gasteiger partial charge in [0.15, 0.2) is 23.0 Å². The molecule has 0 amide bonds. The third kappa shape index (κ3) is 3.90. The number of hydrogen-bond acceptors (Lipinski definition) is 6. The Morgan fingerprint density at radius 1 is 0.875 bits per heavy atom. The van der Waals surface area contributed by atoms with Gasteiger partial charge in [-0.25, -0.2) is 0 Å². The first-order valence-corrected chi connectivity index (χ1v) is 7.50. The van der Waals surface area contributed by atoms with Crippen molar-refractivity contribution in [3.05, 3.63) is 47.5 Å². The van der Waals surface area contributed by atoms with Gasteiger partial charge in [0, 0.05) is 0 Å². The van der Waals surface area contributed by atoms with Gasteiger partial charge in [0.1, 0.15) is 6.10 Å². The minimum atomic E-state index is -0.531. The van der Waals surface area contributed by atoms with Crippen molar-refractivity contribution in [2.45, 2.75) is 19.1 Å². The number of phenols is 2. The number of ether oxygens (including phenoxy) is 3. The van der Waals surface area contributed by atoms with Crippen molar-refractivity contribution in [3.63, 3.8) is 0 Å². The summed E-state index contributed by atoms with van der Waals surface area (Å²) >= 11 is 0. The van der Waals surface area contributed by atoms with Crippen LogP contribution in [0.4, 0.5) is 0 Å². The van der Waals surface area contributed by atoms with Gasteiger partial charge in [-0.05, 0) is 42.3 Å². The van der Waals surface area contributed by atoms with Crippen LogP contribution in [0.2, 0.25) is 0 Å². The lowest BCUT2D eigenvalue weighted by atomic mass is 10.00. The standard InChI is InChI=1S/C18H22O6/c1-11(10-19)24-18(12-4-6-14(20)16(8-12)22-2)13-5-7-15(21)17(9-13)23-3/h4-9,11,18-21H,10H2,1-3H3. The lowest BCUT2D eigenvalue weighted by Crippen LogP contribution is -2.18. The van der Waals surface area contributed by atoms with Gasteiger partial charge >= 0.3 is 0 Å². The fourth-order valence-electron chi connectivity index (χ4n) is 2.34. The van der Waals surface area contributed by atoms with Gasteiger partial charge in [0.25, 0.3) is 0 Å². The molecule has 0 aliphatic rings. The highest BCUT2D eigenvalue weighted by Gasteiger charge is 2.21. The largest absolute Gasteiger partial charge is 0.504 e. The van der Waals surface area contributed by atoms with Crippen LogP contribution in [-0.4, -0.2) is 42.3 Å². The summed E-state index contributed by atoms with van der Waals surface area (Å²) in [6, 6.07) is 9.81. The van der Waals surface area contributed by atoms with Crippen molar-refractivity contribution in [1.82, 2.24) is 0 Å². The minimum Gasteiger partial charge on any atom is -0.504 e. The predicted octanol–water partition coefficient (Wildman–Crippen LogP) is 2.60. The molecule has 130 valence electrons. The van der Waals surface area contributed by atoms with Gasteiger partial charge < -0.3 is 29.5 Å². The van der Waals surface area contributed by atoms with Crippen LogP contribution in [-0.2, 0) is 4.74 Å². The van der Waals surface area contributed by atoms with Crippen LogP contribution in [0, 0.1) is 0 Å². The molecule has 0 aromatic heterocycles. The molecule has 2 aromatic carbocycles. The summed E-state index contributed by atoms with van der Waals surface area (Å²) in [5.74, 6) is 0.698. The van der Waals surface area contributed by atoms with Crippen LogP contribution in [0.3, 0.4) is 0 Å². The van der Waals surface area contributed by atoms with Crippen LogP contribution in [0.15, 0.2) is 36.4 Å². The monoisotopic (exact) mass is 334 g/mol. The van der Waals surface area contributed by atoms with Crippen LogP contribution >= 0.6 is 0 Å². The zero-order valence-corrected chi connectivity index (χ0v) is 13.9. The normalized spacial score (nSPS) is 12.2. The second-order valence-electron chi connectivity index (χ2n) is 5.37. The van der Waals surface area contributed by atoms with E-state index in [2.05, 4.69) is 0 Å². The fourth-order valence-corrected chi connectivity index (χ4v) is 2.34. The number of phenolic OH excluding ortho intramolecular Hbond substituents is 2. The Labute approximate surface area is 140 Å². The van der Waals surface area contributed by atoms with E-state index in [1.54, 1.807) is 31.2 Å². The highest BCUT2D eigenvalue weighted by molar-refractivity contribution is 5.47. The molecule has 0 radical (unpaired) electrons. The maximum absolute atomic E-state index is 9.78. The summed E-state index contributed by atoms with van der Waals surface area (Å²) in [5, 5.41) is 28.9. The second-order valence-corrected chi connectivity index (χ2v) is 5.37. The third-order valence-electron chi connectivity index (χ3n) is 3.64. The zero-order chi connectivity index (χ0) is 17.7. The average Bonchev–Trinajstić information content (AvgIpc) is 2.60. The maximum atomic E-state index is 9.78. The first-order valence-electron chi connectivity index (χ1n) is 7.50. The van der Waals surface area contributed by atoms with E-state index in [0.29, 0.717) is 11.5 Å². The van der Waals surface area contributed by atoms with Crippen LogP contribution in [0.5, 0.6) is 23.0 Å². The molecule has 24 heavy (non-hydrogen) atoms. The first-order chi connectivity index (χ1) is 11.5. The lowest BCUT2D eigenvalue weighted by Gasteiger charge is -2.23. The molecular weight excluding hydrogens is 312 g/mol. The number of aliphatic hydroxyl groups is 1. The smallest absolute Gasteiger partial charge is 0.160 e. The molecule has 0 heterocycles. The SMILES string of the molecule is COc1cc(C(OC(C)CO)c2ccc(O)c(OC)c2)ccc1O. The Balaban J connectivity index is 2.48. The molecule has 0 fully saturated rings. The highest BCUT2D eigenvalue weighted by atomic mass is 16.5. The molecule has 2 aromatic rings. The van der Waals surface area contributed by atoms with Crippen LogP contribution < -0.4 is 9.47 Å². The summed E-state index contributed by atoms with van der Waals surface area (Å²) in [5.41, 5.74) is 1.47. The van der Waals surface area contributed by atoms with E-state index >= 15 is 0 Å². The van der Waals surface area contributed by atoms with Gasteiger partial charge in [-0.15, -0.1) is 0 Å².